The number of aromatic nitrogens is 2. The van der Waals surface area contributed by atoms with E-state index < -0.39 is 0 Å². The second-order valence-electron chi connectivity index (χ2n) is 5.54. The van der Waals surface area contributed by atoms with E-state index in [4.69, 9.17) is 14.0 Å². The van der Waals surface area contributed by atoms with Crippen molar-refractivity contribution in [1.82, 2.24) is 15.5 Å². The Morgan fingerprint density at radius 2 is 2.10 bits per heavy atom. The second kappa shape index (κ2) is 7.15. The molecule has 1 aliphatic rings. The Hall–Kier alpha value is -0.980. The lowest BCUT2D eigenvalue weighted by molar-refractivity contribution is -0.0941. The van der Waals surface area contributed by atoms with Crippen LogP contribution in [0.25, 0.3) is 0 Å². The maximum absolute atomic E-state index is 5.60. The van der Waals surface area contributed by atoms with Crippen LogP contribution in [0.3, 0.4) is 0 Å². The van der Waals surface area contributed by atoms with Gasteiger partial charge in [-0.05, 0) is 19.4 Å². The summed E-state index contributed by atoms with van der Waals surface area (Å²) in [6, 6.07) is 0.289. The van der Waals surface area contributed by atoms with Gasteiger partial charge in [-0.25, -0.2) is 0 Å². The average Bonchev–Trinajstić information content (AvgIpc) is 2.89. The first kappa shape index (κ1) is 15.4. The molecule has 0 aliphatic carbocycles. The molecule has 0 amide bonds. The van der Waals surface area contributed by atoms with Crippen molar-refractivity contribution in [1.29, 1.82) is 0 Å². The van der Waals surface area contributed by atoms with Crippen LogP contribution in [0, 0.1) is 5.92 Å². The molecule has 3 unspecified atom stereocenters. The molecule has 6 heteroatoms. The van der Waals surface area contributed by atoms with Crippen molar-refractivity contribution in [2.75, 3.05) is 26.4 Å². The van der Waals surface area contributed by atoms with Gasteiger partial charge >= 0.3 is 0 Å². The van der Waals surface area contributed by atoms with Gasteiger partial charge in [-0.3, -0.25) is 0 Å². The van der Waals surface area contributed by atoms with Crippen LogP contribution in [0.2, 0.25) is 0 Å². The predicted molar refractivity (Wildman–Crippen MR) is 74.5 cm³/mol. The van der Waals surface area contributed by atoms with E-state index in [1.54, 1.807) is 0 Å². The SMILES string of the molecule is CCNC(C)C(c1nc(C2COCCO2)no1)C(C)C. The number of ether oxygens (including phenoxy) is 2. The van der Waals surface area contributed by atoms with E-state index in [0.29, 0.717) is 37.5 Å². The van der Waals surface area contributed by atoms with Crippen LogP contribution < -0.4 is 5.32 Å². The van der Waals surface area contributed by atoms with E-state index >= 15 is 0 Å². The zero-order valence-corrected chi connectivity index (χ0v) is 12.8. The molecule has 20 heavy (non-hydrogen) atoms. The van der Waals surface area contributed by atoms with Crippen molar-refractivity contribution in [3.63, 3.8) is 0 Å². The molecule has 0 radical (unpaired) electrons. The number of likely N-dealkylation sites (N-methyl/N-ethyl adjacent to an activating group) is 1. The molecule has 1 fully saturated rings. The van der Waals surface area contributed by atoms with Gasteiger partial charge in [0.25, 0.3) is 0 Å². The third-order valence-electron chi connectivity index (χ3n) is 3.63. The number of nitrogens with zero attached hydrogens (tertiary/aromatic N) is 2. The lowest BCUT2D eigenvalue weighted by atomic mass is 9.89. The Bertz CT molecular complexity index is 402. The first-order valence-electron chi connectivity index (χ1n) is 7.39. The van der Waals surface area contributed by atoms with Crippen LogP contribution in [0.15, 0.2) is 4.52 Å². The summed E-state index contributed by atoms with van der Waals surface area (Å²) in [6.07, 6.45) is -0.205. The van der Waals surface area contributed by atoms with Gasteiger partial charge in [0, 0.05) is 6.04 Å². The molecule has 0 aromatic carbocycles. The molecule has 1 aromatic rings. The summed E-state index contributed by atoms with van der Waals surface area (Å²) in [5, 5.41) is 7.50. The largest absolute Gasteiger partial charge is 0.376 e. The summed E-state index contributed by atoms with van der Waals surface area (Å²) >= 11 is 0. The van der Waals surface area contributed by atoms with E-state index in [1.807, 2.05) is 0 Å². The van der Waals surface area contributed by atoms with Crippen molar-refractivity contribution in [3.8, 4) is 0 Å². The van der Waals surface area contributed by atoms with Gasteiger partial charge < -0.3 is 19.3 Å². The molecule has 0 spiro atoms. The highest BCUT2D eigenvalue weighted by atomic mass is 16.6. The van der Waals surface area contributed by atoms with E-state index in [2.05, 4.69) is 43.2 Å². The molecule has 6 nitrogen and oxygen atoms in total. The maximum atomic E-state index is 5.60. The van der Waals surface area contributed by atoms with Gasteiger partial charge in [-0.2, -0.15) is 4.98 Å². The minimum atomic E-state index is -0.205. The summed E-state index contributed by atoms with van der Waals surface area (Å²) in [4.78, 5) is 4.54. The summed E-state index contributed by atoms with van der Waals surface area (Å²) in [6.45, 7) is 11.2. The van der Waals surface area contributed by atoms with Crippen molar-refractivity contribution >= 4 is 0 Å². The summed E-state index contributed by atoms with van der Waals surface area (Å²) in [7, 11) is 0. The summed E-state index contributed by atoms with van der Waals surface area (Å²) in [5.41, 5.74) is 0. The zero-order chi connectivity index (χ0) is 14.5. The van der Waals surface area contributed by atoms with Gasteiger partial charge in [-0.1, -0.05) is 25.9 Å². The fourth-order valence-corrected chi connectivity index (χ4v) is 2.68. The van der Waals surface area contributed by atoms with Crippen LogP contribution in [0.5, 0.6) is 0 Å². The monoisotopic (exact) mass is 283 g/mol. The minimum absolute atomic E-state index is 0.195. The van der Waals surface area contributed by atoms with Crippen molar-refractivity contribution < 1.29 is 14.0 Å². The van der Waals surface area contributed by atoms with Crippen LogP contribution in [-0.2, 0) is 9.47 Å². The number of rotatable bonds is 6. The van der Waals surface area contributed by atoms with Gasteiger partial charge in [-0.15, -0.1) is 0 Å². The lowest BCUT2D eigenvalue weighted by Crippen LogP contribution is -2.34. The molecule has 2 heterocycles. The molecule has 0 bridgehead atoms. The van der Waals surface area contributed by atoms with Gasteiger partial charge in [0.1, 0.15) is 6.10 Å². The lowest BCUT2D eigenvalue weighted by Gasteiger charge is -2.24. The summed E-state index contributed by atoms with van der Waals surface area (Å²) < 4.78 is 16.5. The Balaban J connectivity index is 2.11. The Kier molecular flexibility index (Phi) is 5.51. The quantitative estimate of drug-likeness (QED) is 0.860. The predicted octanol–water partition coefficient (Wildman–Crippen LogP) is 1.90. The molecule has 114 valence electrons. The first-order chi connectivity index (χ1) is 9.63. The van der Waals surface area contributed by atoms with Crippen LogP contribution in [-0.4, -0.2) is 42.5 Å². The van der Waals surface area contributed by atoms with Crippen LogP contribution in [0.1, 0.15) is 51.4 Å². The highest BCUT2D eigenvalue weighted by Crippen LogP contribution is 2.28. The molecular formula is C14H25N3O3. The van der Waals surface area contributed by atoms with Crippen molar-refractivity contribution in [2.24, 2.45) is 5.92 Å². The zero-order valence-electron chi connectivity index (χ0n) is 12.8. The Morgan fingerprint density at radius 1 is 1.30 bits per heavy atom. The summed E-state index contributed by atoms with van der Waals surface area (Å²) in [5.74, 6) is 1.88. The van der Waals surface area contributed by atoms with E-state index in [1.165, 1.54) is 0 Å². The van der Waals surface area contributed by atoms with Crippen molar-refractivity contribution in [3.05, 3.63) is 11.7 Å². The van der Waals surface area contributed by atoms with Gasteiger partial charge in [0.15, 0.2) is 0 Å². The number of hydrogen-bond donors (Lipinski definition) is 1. The third kappa shape index (κ3) is 3.56. The molecule has 1 aliphatic heterocycles. The molecule has 0 saturated carbocycles. The second-order valence-corrected chi connectivity index (χ2v) is 5.54. The van der Waals surface area contributed by atoms with Crippen LogP contribution in [0.4, 0.5) is 0 Å². The van der Waals surface area contributed by atoms with Gasteiger partial charge in [0.05, 0.1) is 25.7 Å². The standard InChI is InChI=1S/C14H25N3O3/c1-5-15-10(4)12(9(2)3)14-16-13(17-20-14)11-8-18-6-7-19-11/h9-12,15H,5-8H2,1-4H3. The van der Waals surface area contributed by atoms with Crippen molar-refractivity contribution in [2.45, 2.75) is 45.8 Å². The number of hydrogen-bond acceptors (Lipinski definition) is 6. The average molecular weight is 283 g/mol. The molecular weight excluding hydrogens is 258 g/mol. The van der Waals surface area contributed by atoms with Crippen LogP contribution >= 0.6 is 0 Å². The molecule has 2 rings (SSSR count). The number of nitrogens with one attached hydrogen (secondary N) is 1. The molecule has 3 atom stereocenters. The third-order valence-corrected chi connectivity index (χ3v) is 3.63. The highest BCUT2D eigenvalue weighted by molar-refractivity contribution is 5.02. The van der Waals surface area contributed by atoms with E-state index in [9.17, 15) is 0 Å². The van der Waals surface area contributed by atoms with Gasteiger partial charge in [0.2, 0.25) is 11.7 Å². The van der Waals surface area contributed by atoms with E-state index in [0.717, 1.165) is 6.54 Å². The fraction of sp³-hybridized carbons (Fsp3) is 0.857. The Labute approximate surface area is 120 Å². The first-order valence-corrected chi connectivity index (χ1v) is 7.39. The molecule has 1 aromatic heterocycles. The maximum Gasteiger partial charge on any atom is 0.231 e. The highest BCUT2D eigenvalue weighted by Gasteiger charge is 2.30. The fourth-order valence-electron chi connectivity index (χ4n) is 2.68. The molecule has 1 N–H and O–H groups in total. The molecule has 1 saturated heterocycles. The normalized spacial score (nSPS) is 22.9. The minimum Gasteiger partial charge on any atom is -0.376 e. The Morgan fingerprint density at radius 3 is 2.70 bits per heavy atom. The van der Waals surface area contributed by atoms with E-state index in [-0.39, 0.29) is 18.1 Å². The smallest absolute Gasteiger partial charge is 0.231 e. The topological polar surface area (TPSA) is 69.4 Å².